The van der Waals surface area contributed by atoms with Gasteiger partial charge in [0.15, 0.2) is 0 Å². The van der Waals surface area contributed by atoms with Crippen LogP contribution in [0.5, 0.6) is 0 Å². The minimum Gasteiger partial charge on any atom is -0.311 e. The summed E-state index contributed by atoms with van der Waals surface area (Å²) >= 11 is 16.9. The lowest BCUT2D eigenvalue weighted by Crippen LogP contribution is -2.32. The Morgan fingerprint density at radius 1 is 0.767 bits per heavy atom. The third kappa shape index (κ3) is 5.43. The SMILES string of the molecule is O=C(CCCC(=O)N1C[C@@H](CCl)c2c1cc(C[C@H]1CSCS1)c1ccccc21)N1C[C@@H](CCl)c2c1ccc1ccccc21. The number of amides is 2. The number of thioether (sulfide) groups is 2. The molecule has 0 aromatic heterocycles. The van der Waals surface area contributed by atoms with Crippen molar-refractivity contribution in [1.29, 1.82) is 0 Å². The van der Waals surface area contributed by atoms with Crippen molar-refractivity contribution in [2.24, 2.45) is 0 Å². The molecule has 4 aromatic carbocycles. The van der Waals surface area contributed by atoms with E-state index in [-0.39, 0.29) is 23.7 Å². The van der Waals surface area contributed by atoms with Gasteiger partial charge in [0.1, 0.15) is 0 Å². The normalized spacial score (nSPS) is 21.1. The minimum atomic E-state index is 0.0534. The highest BCUT2D eigenvalue weighted by molar-refractivity contribution is 8.19. The second kappa shape index (κ2) is 12.5. The van der Waals surface area contributed by atoms with Crippen LogP contribution >= 0.6 is 46.7 Å². The van der Waals surface area contributed by atoms with Crippen molar-refractivity contribution in [3.8, 4) is 0 Å². The molecule has 2 amide bonds. The van der Waals surface area contributed by atoms with Crippen molar-refractivity contribution in [1.82, 2.24) is 0 Å². The largest absolute Gasteiger partial charge is 0.311 e. The molecule has 3 aliphatic rings. The number of carbonyl (C=O) groups excluding carboxylic acids is 2. The molecule has 0 N–H and O–H groups in total. The van der Waals surface area contributed by atoms with E-state index in [2.05, 4.69) is 48.5 Å². The fraction of sp³-hybridized carbons (Fsp3) is 0.371. The molecule has 1 fully saturated rings. The topological polar surface area (TPSA) is 40.6 Å². The van der Waals surface area contributed by atoms with Crippen LogP contribution in [0.15, 0.2) is 66.7 Å². The molecular weight excluding hydrogens is 615 g/mol. The van der Waals surface area contributed by atoms with Gasteiger partial charge in [-0.2, -0.15) is 0 Å². The average Bonchev–Trinajstić information content (AvgIpc) is 3.78. The van der Waals surface area contributed by atoms with Crippen LogP contribution < -0.4 is 9.80 Å². The van der Waals surface area contributed by atoms with Gasteiger partial charge in [0.25, 0.3) is 0 Å². The van der Waals surface area contributed by atoms with Gasteiger partial charge in [0.2, 0.25) is 11.8 Å². The van der Waals surface area contributed by atoms with E-state index in [0.29, 0.717) is 49.4 Å². The molecule has 43 heavy (non-hydrogen) atoms. The Morgan fingerprint density at radius 2 is 1.40 bits per heavy atom. The first kappa shape index (κ1) is 29.3. The number of nitrogens with zero attached hydrogens (tertiary/aromatic N) is 2. The molecule has 1 saturated heterocycles. The van der Waals surface area contributed by atoms with E-state index in [0.717, 1.165) is 39.2 Å². The first-order valence-electron chi connectivity index (χ1n) is 15.1. The summed E-state index contributed by atoms with van der Waals surface area (Å²) in [6, 6.07) is 23.3. The quantitative estimate of drug-likeness (QED) is 0.180. The van der Waals surface area contributed by atoms with E-state index in [9.17, 15) is 9.59 Å². The number of rotatable bonds is 8. The molecule has 7 rings (SSSR count). The number of halogens is 2. The Morgan fingerprint density at radius 3 is 2.07 bits per heavy atom. The van der Waals surface area contributed by atoms with Gasteiger partial charge in [-0.25, -0.2) is 0 Å². The first-order chi connectivity index (χ1) is 21.1. The summed E-state index contributed by atoms with van der Waals surface area (Å²) in [6.07, 6.45) is 2.17. The highest BCUT2D eigenvalue weighted by atomic mass is 35.5. The van der Waals surface area contributed by atoms with E-state index in [1.54, 1.807) is 0 Å². The monoisotopic (exact) mass is 648 g/mol. The van der Waals surface area contributed by atoms with Gasteiger partial charge in [0, 0.05) is 77.0 Å². The molecular formula is C35H34Cl2N2O2S2. The minimum absolute atomic E-state index is 0.0534. The van der Waals surface area contributed by atoms with Crippen molar-refractivity contribution in [3.05, 3.63) is 83.4 Å². The van der Waals surface area contributed by atoms with E-state index < -0.39 is 0 Å². The van der Waals surface area contributed by atoms with Gasteiger partial charge < -0.3 is 9.80 Å². The molecule has 222 valence electrons. The van der Waals surface area contributed by atoms with Gasteiger partial charge in [-0.05, 0) is 63.2 Å². The molecule has 0 aliphatic carbocycles. The summed E-state index contributed by atoms with van der Waals surface area (Å²) in [5.41, 5.74) is 5.64. The second-order valence-corrected chi connectivity index (χ2v) is 15.1. The maximum atomic E-state index is 13.7. The van der Waals surface area contributed by atoms with Crippen molar-refractivity contribution in [3.63, 3.8) is 0 Å². The number of carbonyl (C=O) groups is 2. The standard InChI is InChI=1S/C35H34Cl2N2O2S2/c36-16-24-18-38(30-13-12-22-6-1-2-8-28(22)34(24)30)32(40)10-5-11-33(41)39-19-25(17-37)35-29-9-4-3-7-27(29)23(15-31(35)39)14-26-20-42-21-43-26/h1-4,6-9,12-13,15,24-26H,5,10-11,14,16-21H2/t24-,25-,26+/m1/s1. The lowest BCUT2D eigenvalue weighted by Gasteiger charge is -2.21. The van der Waals surface area contributed by atoms with Gasteiger partial charge in [-0.3, -0.25) is 9.59 Å². The van der Waals surface area contributed by atoms with Crippen LogP contribution in [0.1, 0.15) is 47.8 Å². The van der Waals surface area contributed by atoms with Crippen LogP contribution in [0.4, 0.5) is 11.4 Å². The third-order valence-corrected chi connectivity index (χ3v) is 12.8. The number of alkyl halides is 2. The van der Waals surface area contributed by atoms with Gasteiger partial charge in [-0.15, -0.1) is 46.7 Å². The zero-order valence-corrected chi connectivity index (χ0v) is 27.1. The molecule has 3 heterocycles. The van der Waals surface area contributed by atoms with Crippen LogP contribution in [0.25, 0.3) is 21.5 Å². The zero-order chi connectivity index (χ0) is 29.5. The Balaban J connectivity index is 1.08. The molecule has 0 spiro atoms. The Labute approximate surface area is 271 Å². The number of benzene rings is 4. The predicted molar refractivity (Wildman–Crippen MR) is 186 cm³/mol. The van der Waals surface area contributed by atoms with Crippen molar-refractivity contribution < 1.29 is 9.59 Å². The Kier molecular flexibility index (Phi) is 8.56. The third-order valence-electron chi connectivity index (χ3n) is 9.20. The Bertz CT molecular complexity index is 1710. The lowest BCUT2D eigenvalue weighted by atomic mass is 9.91. The molecule has 4 aromatic rings. The summed E-state index contributed by atoms with van der Waals surface area (Å²) in [5.74, 6) is 2.43. The molecule has 8 heteroatoms. The van der Waals surface area contributed by atoms with E-state index in [1.165, 1.54) is 27.7 Å². The smallest absolute Gasteiger partial charge is 0.227 e. The van der Waals surface area contributed by atoms with Gasteiger partial charge in [0.05, 0.1) is 0 Å². The molecule has 0 radical (unpaired) electrons. The number of hydrogen-bond donors (Lipinski definition) is 0. The molecule has 0 saturated carbocycles. The molecule has 0 bridgehead atoms. The fourth-order valence-electron chi connectivity index (χ4n) is 7.17. The fourth-order valence-corrected chi connectivity index (χ4v) is 10.6. The average molecular weight is 650 g/mol. The number of fused-ring (bicyclic) bond motifs is 6. The van der Waals surface area contributed by atoms with Gasteiger partial charge >= 0.3 is 0 Å². The first-order valence-corrected chi connectivity index (χ1v) is 18.3. The number of hydrogen-bond acceptors (Lipinski definition) is 4. The Hall–Kier alpha value is -2.38. The molecule has 0 unspecified atom stereocenters. The second-order valence-electron chi connectivity index (χ2n) is 11.8. The lowest BCUT2D eigenvalue weighted by molar-refractivity contribution is -0.119. The number of anilines is 2. The van der Waals surface area contributed by atoms with Crippen LogP contribution in [0, 0.1) is 0 Å². The van der Waals surface area contributed by atoms with Gasteiger partial charge in [-0.1, -0.05) is 54.6 Å². The summed E-state index contributed by atoms with van der Waals surface area (Å²) in [7, 11) is 0. The van der Waals surface area contributed by atoms with Crippen molar-refractivity contribution in [2.75, 3.05) is 45.5 Å². The zero-order valence-electron chi connectivity index (χ0n) is 23.9. The van der Waals surface area contributed by atoms with Crippen LogP contribution in [-0.2, 0) is 16.0 Å². The highest BCUT2D eigenvalue weighted by Gasteiger charge is 2.36. The van der Waals surface area contributed by atoms with E-state index in [4.69, 9.17) is 23.2 Å². The predicted octanol–water partition coefficient (Wildman–Crippen LogP) is 8.55. The summed E-state index contributed by atoms with van der Waals surface area (Å²) < 4.78 is 0. The van der Waals surface area contributed by atoms with E-state index in [1.807, 2.05) is 51.5 Å². The maximum absolute atomic E-state index is 13.7. The summed E-state index contributed by atoms with van der Waals surface area (Å²) in [4.78, 5) is 31.1. The maximum Gasteiger partial charge on any atom is 0.227 e. The summed E-state index contributed by atoms with van der Waals surface area (Å²) in [6.45, 7) is 1.18. The van der Waals surface area contributed by atoms with E-state index >= 15 is 0 Å². The highest BCUT2D eigenvalue weighted by Crippen LogP contribution is 2.45. The van der Waals surface area contributed by atoms with Crippen LogP contribution in [0.2, 0.25) is 0 Å². The van der Waals surface area contributed by atoms with Crippen molar-refractivity contribution in [2.45, 2.75) is 42.8 Å². The molecule has 3 aliphatic heterocycles. The van der Waals surface area contributed by atoms with Crippen molar-refractivity contribution >= 4 is 91.5 Å². The summed E-state index contributed by atoms with van der Waals surface area (Å²) in [5, 5.41) is 6.57. The van der Waals surface area contributed by atoms with Crippen LogP contribution in [0.3, 0.4) is 0 Å². The molecule has 3 atom stereocenters. The molecule has 4 nitrogen and oxygen atoms in total. The van der Waals surface area contributed by atoms with Crippen LogP contribution in [-0.4, -0.2) is 52.8 Å².